The summed E-state index contributed by atoms with van der Waals surface area (Å²) in [5.74, 6) is 2.34. The first kappa shape index (κ1) is 20.3. The number of likely N-dealkylation sites (N-methyl/N-ethyl adjacent to an activating group) is 1. The monoisotopic (exact) mass is 408 g/mol. The number of hydrogen-bond donors (Lipinski definition) is 0. The van der Waals surface area contributed by atoms with Gasteiger partial charge in [-0.3, -0.25) is 4.90 Å². The average molecular weight is 409 g/mol. The summed E-state index contributed by atoms with van der Waals surface area (Å²) in [6.07, 6.45) is 0. The third-order valence-electron chi connectivity index (χ3n) is 5.62. The third kappa shape index (κ3) is 4.29. The van der Waals surface area contributed by atoms with Gasteiger partial charge in [-0.05, 0) is 35.2 Å². The first-order chi connectivity index (χ1) is 14.7. The standard InChI is InChI=1S/C22H28N6O2/c1-26-11-13-27(14-12-26)21(19-10-9-18(29-2)15-20(19)30-3)22-23-24-25-28(22)16-17-7-5-4-6-8-17/h4-10,15,21H,11-14,16H2,1-3H3. The molecule has 1 saturated heterocycles. The van der Waals surface area contributed by atoms with Crippen LogP contribution in [0.25, 0.3) is 0 Å². The number of methoxy groups -OCH3 is 2. The highest BCUT2D eigenvalue weighted by Crippen LogP contribution is 2.36. The average Bonchev–Trinajstić information content (AvgIpc) is 3.23. The fourth-order valence-electron chi connectivity index (χ4n) is 3.90. The van der Waals surface area contributed by atoms with Gasteiger partial charge in [0.2, 0.25) is 0 Å². The Labute approximate surface area is 177 Å². The van der Waals surface area contributed by atoms with Crippen LogP contribution in [0.3, 0.4) is 0 Å². The molecule has 0 N–H and O–H groups in total. The Bertz CT molecular complexity index is 953. The van der Waals surface area contributed by atoms with Gasteiger partial charge in [-0.15, -0.1) is 5.10 Å². The van der Waals surface area contributed by atoms with Crippen LogP contribution >= 0.6 is 0 Å². The zero-order valence-corrected chi connectivity index (χ0v) is 17.7. The lowest BCUT2D eigenvalue weighted by molar-refractivity contribution is 0.120. The molecule has 0 radical (unpaired) electrons. The van der Waals surface area contributed by atoms with Gasteiger partial charge in [-0.25, -0.2) is 4.68 Å². The van der Waals surface area contributed by atoms with Crippen LogP contribution in [0.5, 0.6) is 11.5 Å². The van der Waals surface area contributed by atoms with Crippen LogP contribution in [0, 0.1) is 0 Å². The van der Waals surface area contributed by atoms with Crippen LogP contribution < -0.4 is 9.47 Å². The largest absolute Gasteiger partial charge is 0.497 e. The molecular formula is C22H28N6O2. The summed E-state index contributed by atoms with van der Waals surface area (Å²) >= 11 is 0. The number of hydrogen-bond acceptors (Lipinski definition) is 7. The van der Waals surface area contributed by atoms with E-state index in [1.165, 1.54) is 0 Å². The number of ether oxygens (including phenoxy) is 2. The molecule has 0 spiro atoms. The molecule has 0 amide bonds. The molecule has 0 bridgehead atoms. The second-order valence-corrected chi connectivity index (χ2v) is 7.53. The van der Waals surface area contributed by atoms with E-state index in [-0.39, 0.29) is 6.04 Å². The summed E-state index contributed by atoms with van der Waals surface area (Å²) in [7, 11) is 5.50. The Morgan fingerprint density at radius 2 is 1.73 bits per heavy atom. The molecule has 158 valence electrons. The highest BCUT2D eigenvalue weighted by atomic mass is 16.5. The van der Waals surface area contributed by atoms with Crippen molar-refractivity contribution in [1.82, 2.24) is 30.0 Å². The van der Waals surface area contributed by atoms with Crippen molar-refractivity contribution in [2.45, 2.75) is 12.6 Å². The van der Waals surface area contributed by atoms with E-state index in [1.807, 2.05) is 35.0 Å². The van der Waals surface area contributed by atoms with Crippen LogP contribution in [0.1, 0.15) is 23.0 Å². The van der Waals surface area contributed by atoms with Crippen molar-refractivity contribution in [1.29, 1.82) is 0 Å². The molecule has 1 unspecified atom stereocenters. The number of tetrazole rings is 1. The normalized spacial score (nSPS) is 16.4. The summed E-state index contributed by atoms with van der Waals surface area (Å²) in [6.45, 7) is 4.46. The maximum atomic E-state index is 5.74. The number of benzene rings is 2. The lowest BCUT2D eigenvalue weighted by atomic mass is 10.0. The van der Waals surface area contributed by atoms with Crippen molar-refractivity contribution < 1.29 is 9.47 Å². The van der Waals surface area contributed by atoms with Crippen molar-refractivity contribution in [3.63, 3.8) is 0 Å². The van der Waals surface area contributed by atoms with Crippen molar-refractivity contribution in [2.24, 2.45) is 0 Å². The maximum absolute atomic E-state index is 5.74. The Morgan fingerprint density at radius 1 is 0.967 bits per heavy atom. The summed E-state index contributed by atoms with van der Waals surface area (Å²) in [5, 5.41) is 12.8. The molecule has 1 aliphatic rings. The third-order valence-corrected chi connectivity index (χ3v) is 5.62. The van der Waals surface area contributed by atoms with Gasteiger partial charge in [-0.1, -0.05) is 30.3 Å². The second-order valence-electron chi connectivity index (χ2n) is 7.53. The molecule has 2 heterocycles. The minimum absolute atomic E-state index is 0.113. The Balaban J connectivity index is 1.75. The molecule has 1 aromatic heterocycles. The van der Waals surface area contributed by atoms with E-state index in [4.69, 9.17) is 9.47 Å². The van der Waals surface area contributed by atoms with Gasteiger partial charge in [0.05, 0.1) is 20.8 Å². The van der Waals surface area contributed by atoms with E-state index in [0.717, 1.165) is 54.6 Å². The number of rotatable bonds is 7. The predicted octanol–water partition coefficient (Wildman–Crippen LogP) is 2.08. The minimum atomic E-state index is -0.113. The van der Waals surface area contributed by atoms with E-state index < -0.39 is 0 Å². The van der Waals surface area contributed by atoms with E-state index in [0.29, 0.717) is 6.54 Å². The minimum Gasteiger partial charge on any atom is -0.497 e. The first-order valence-corrected chi connectivity index (χ1v) is 10.1. The van der Waals surface area contributed by atoms with Crippen LogP contribution in [0.4, 0.5) is 0 Å². The summed E-state index contributed by atoms with van der Waals surface area (Å²) in [5.41, 5.74) is 2.19. The van der Waals surface area contributed by atoms with E-state index in [9.17, 15) is 0 Å². The summed E-state index contributed by atoms with van der Waals surface area (Å²) in [6, 6.07) is 16.1. The van der Waals surface area contributed by atoms with Gasteiger partial charge in [0.25, 0.3) is 0 Å². The van der Waals surface area contributed by atoms with Crippen molar-refractivity contribution in [2.75, 3.05) is 47.4 Å². The Hall–Kier alpha value is -2.97. The lowest BCUT2D eigenvalue weighted by Crippen LogP contribution is -2.46. The van der Waals surface area contributed by atoms with Crippen LogP contribution in [-0.4, -0.2) is 77.5 Å². The van der Waals surface area contributed by atoms with E-state index >= 15 is 0 Å². The van der Waals surface area contributed by atoms with E-state index in [2.05, 4.69) is 50.6 Å². The quantitative estimate of drug-likeness (QED) is 0.593. The molecule has 2 aromatic carbocycles. The number of piperazine rings is 1. The van der Waals surface area contributed by atoms with E-state index in [1.54, 1.807) is 14.2 Å². The molecule has 8 heteroatoms. The zero-order valence-electron chi connectivity index (χ0n) is 17.7. The second kappa shape index (κ2) is 9.23. The predicted molar refractivity (Wildman–Crippen MR) is 114 cm³/mol. The van der Waals surface area contributed by atoms with Gasteiger partial charge in [0.1, 0.15) is 17.5 Å². The number of nitrogens with zero attached hydrogens (tertiary/aromatic N) is 6. The van der Waals surface area contributed by atoms with Gasteiger partial charge in [-0.2, -0.15) is 0 Å². The van der Waals surface area contributed by atoms with Gasteiger partial charge in [0, 0.05) is 37.8 Å². The smallest absolute Gasteiger partial charge is 0.173 e. The topological polar surface area (TPSA) is 68.5 Å². The first-order valence-electron chi connectivity index (χ1n) is 10.1. The molecule has 0 saturated carbocycles. The zero-order chi connectivity index (χ0) is 20.9. The van der Waals surface area contributed by atoms with Crippen molar-refractivity contribution in [3.05, 3.63) is 65.5 Å². The molecule has 0 aliphatic carbocycles. The highest BCUT2D eigenvalue weighted by Gasteiger charge is 2.32. The number of aromatic nitrogens is 4. The lowest BCUT2D eigenvalue weighted by Gasteiger charge is -2.37. The molecule has 3 aromatic rings. The highest BCUT2D eigenvalue weighted by molar-refractivity contribution is 5.44. The van der Waals surface area contributed by atoms with Crippen LogP contribution in [0.2, 0.25) is 0 Å². The van der Waals surface area contributed by atoms with Gasteiger partial charge >= 0.3 is 0 Å². The van der Waals surface area contributed by atoms with Crippen LogP contribution in [0.15, 0.2) is 48.5 Å². The molecular weight excluding hydrogens is 380 g/mol. The van der Waals surface area contributed by atoms with Gasteiger partial charge < -0.3 is 14.4 Å². The maximum Gasteiger partial charge on any atom is 0.173 e. The summed E-state index contributed by atoms with van der Waals surface area (Å²) < 4.78 is 13.0. The Morgan fingerprint density at radius 3 is 2.43 bits per heavy atom. The molecule has 1 aliphatic heterocycles. The van der Waals surface area contributed by atoms with Crippen molar-refractivity contribution in [3.8, 4) is 11.5 Å². The SMILES string of the molecule is COc1ccc(C(c2nnnn2Cc2ccccc2)N2CCN(C)CC2)c(OC)c1. The summed E-state index contributed by atoms with van der Waals surface area (Å²) in [4.78, 5) is 4.77. The van der Waals surface area contributed by atoms with Gasteiger partial charge in [0.15, 0.2) is 5.82 Å². The fourth-order valence-corrected chi connectivity index (χ4v) is 3.90. The molecule has 30 heavy (non-hydrogen) atoms. The van der Waals surface area contributed by atoms with Crippen molar-refractivity contribution >= 4 is 0 Å². The Kier molecular flexibility index (Phi) is 6.25. The molecule has 1 fully saturated rings. The fraction of sp³-hybridized carbons (Fsp3) is 0.409. The molecule has 1 atom stereocenters. The van der Waals surface area contributed by atoms with Crippen LogP contribution in [-0.2, 0) is 6.54 Å². The molecule has 4 rings (SSSR count). The molecule has 8 nitrogen and oxygen atoms in total.